The summed E-state index contributed by atoms with van der Waals surface area (Å²) < 4.78 is 6.15. The molecule has 1 fully saturated rings. The highest BCUT2D eigenvalue weighted by Crippen LogP contribution is 2.32. The van der Waals surface area contributed by atoms with Gasteiger partial charge in [-0.15, -0.1) is 23.7 Å². The summed E-state index contributed by atoms with van der Waals surface area (Å²) in [7, 11) is 0. The van der Waals surface area contributed by atoms with Crippen molar-refractivity contribution < 1.29 is 14.6 Å². The van der Waals surface area contributed by atoms with Crippen molar-refractivity contribution in [3.8, 4) is 5.75 Å². The van der Waals surface area contributed by atoms with E-state index in [2.05, 4.69) is 25.2 Å². The smallest absolute Gasteiger partial charge is 0.168 e. The van der Waals surface area contributed by atoms with Crippen molar-refractivity contribution >= 4 is 29.5 Å². The molecular formula is C23H30ClNO3S. The summed E-state index contributed by atoms with van der Waals surface area (Å²) in [6.45, 7) is 4.81. The fourth-order valence-corrected chi connectivity index (χ4v) is 5.53. The van der Waals surface area contributed by atoms with Crippen molar-refractivity contribution in [1.29, 1.82) is 0 Å². The Morgan fingerprint density at radius 2 is 2.03 bits per heavy atom. The number of thiophene rings is 1. The van der Waals surface area contributed by atoms with Crippen LogP contribution in [0.3, 0.4) is 0 Å². The van der Waals surface area contributed by atoms with E-state index in [4.69, 9.17) is 4.74 Å². The van der Waals surface area contributed by atoms with Gasteiger partial charge in [-0.3, -0.25) is 4.79 Å². The number of para-hydroxylation sites is 1. The largest absolute Gasteiger partial charge is 0.487 e. The fraction of sp³-hybridized carbons (Fsp3) is 0.522. The van der Waals surface area contributed by atoms with Crippen LogP contribution in [0.25, 0.3) is 0 Å². The summed E-state index contributed by atoms with van der Waals surface area (Å²) in [6, 6.07) is 10.1. The Kier molecular flexibility index (Phi) is 7.38. The Balaban J connectivity index is 0.00000240. The van der Waals surface area contributed by atoms with Crippen LogP contribution in [0, 0.1) is 12.8 Å². The van der Waals surface area contributed by atoms with Gasteiger partial charge in [-0.05, 0) is 56.7 Å². The molecule has 158 valence electrons. The molecule has 1 unspecified atom stereocenters. The number of aliphatic hydroxyl groups excluding tert-OH is 1. The molecule has 1 aromatic heterocycles. The van der Waals surface area contributed by atoms with Crippen molar-refractivity contribution in [3.63, 3.8) is 0 Å². The monoisotopic (exact) mass is 435 g/mol. The number of carbonyl (C=O) groups is 1. The second-order valence-corrected chi connectivity index (χ2v) is 9.33. The SMILES string of the molecule is CCc1ccccc1O[C@@H]1CC[C@@H](NCC2CCc3sc(C)cc3C2=O)[C@H]1O.Cl. The molecule has 2 N–H and O–H groups in total. The molecule has 1 saturated carbocycles. The highest BCUT2D eigenvalue weighted by molar-refractivity contribution is 7.12. The first-order chi connectivity index (χ1) is 13.6. The number of benzene rings is 1. The minimum absolute atomic E-state index is 0. The van der Waals surface area contributed by atoms with E-state index in [1.54, 1.807) is 11.3 Å². The molecule has 4 nitrogen and oxygen atoms in total. The number of rotatable bonds is 6. The van der Waals surface area contributed by atoms with Gasteiger partial charge in [-0.1, -0.05) is 25.1 Å². The van der Waals surface area contributed by atoms with Crippen molar-refractivity contribution in [1.82, 2.24) is 5.32 Å². The lowest BCUT2D eigenvalue weighted by Gasteiger charge is -2.26. The third-order valence-corrected chi connectivity index (χ3v) is 7.21. The molecule has 2 aliphatic rings. The zero-order valence-electron chi connectivity index (χ0n) is 17.0. The van der Waals surface area contributed by atoms with E-state index in [1.807, 2.05) is 24.3 Å². The molecule has 29 heavy (non-hydrogen) atoms. The minimum Gasteiger partial charge on any atom is -0.487 e. The number of aliphatic hydroxyl groups is 1. The molecule has 0 saturated heterocycles. The number of aryl methyl sites for hydroxylation is 3. The van der Waals surface area contributed by atoms with Crippen LogP contribution >= 0.6 is 23.7 Å². The summed E-state index contributed by atoms with van der Waals surface area (Å²) in [5.41, 5.74) is 2.09. The summed E-state index contributed by atoms with van der Waals surface area (Å²) >= 11 is 1.75. The van der Waals surface area contributed by atoms with Gasteiger partial charge >= 0.3 is 0 Å². The average Bonchev–Trinajstić information content (AvgIpc) is 3.25. The van der Waals surface area contributed by atoms with Gasteiger partial charge in [0.2, 0.25) is 0 Å². The summed E-state index contributed by atoms with van der Waals surface area (Å²) in [5, 5.41) is 14.2. The topological polar surface area (TPSA) is 58.6 Å². The number of ketones is 1. The molecule has 0 aliphatic heterocycles. The van der Waals surface area contributed by atoms with Gasteiger partial charge in [-0.25, -0.2) is 0 Å². The highest BCUT2D eigenvalue weighted by atomic mass is 35.5. The molecule has 2 aromatic rings. The lowest BCUT2D eigenvalue weighted by atomic mass is 9.87. The zero-order chi connectivity index (χ0) is 19.7. The van der Waals surface area contributed by atoms with E-state index in [0.29, 0.717) is 6.54 Å². The number of halogens is 1. The molecule has 0 spiro atoms. The molecule has 1 heterocycles. The van der Waals surface area contributed by atoms with Gasteiger partial charge in [0.25, 0.3) is 0 Å². The number of hydrogen-bond acceptors (Lipinski definition) is 5. The normalized spacial score (nSPS) is 26.1. The minimum atomic E-state index is -0.553. The Labute approximate surface area is 183 Å². The van der Waals surface area contributed by atoms with E-state index < -0.39 is 6.10 Å². The van der Waals surface area contributed by atoms with Gasteiger partial charge in [0.1, 0.15) is 18.0 Å². The predicted molar refractivity (Wildman–Crippen MR) is 120 cm³/mol. The van der Waals surface area contributed by atoms with E-state index in [9.17, 15) is 9.90 Å². The van der Waals surface area contributed by atoms with Crippen molar-refractivity contribution in [2.75, 3.05) is 6.54 Å². The van der Waals surface area contributed by atoms with Crippen molar-refractivity contribution in [2.24, 2.45) is 5.92 Å². The fourth-order valence-electron chi connectivity index (χ4n) is 4.47. The predicted octanol–water partition coefficient (Wildman–Crippen LogP) is 4.35. The first kappa shape index (κ1) is 22.3. The molecule has 2 aliphatic carbocycles. The zero-order valence-corrected chi connectivity index (χ0v) is 18.7. The van der Waals surface area contributed by atoms with E-state index >= 15 is 0 Å². The number of Topliss-reactive ketones (excluding diaryl/α,β-unsaturated/α-hetero) is 1. The average molecular weight is 436 g/mol. The number of hydrogen-bond donors (Lipinski definition) is 2. The maximum absolute atomic E-state index is 12.8. The third kappa shape index (κ3) is 4.69. The van der Waals surface area contributed by atoms with Gasteiger partial charge in [-0.2, -0.15) is 0 Å². The van der Waals surface area contributed by atoms with Crippen LogP contribution < -0.4 is 10.1 Å². The van der Waals surface area contributed by atoms with Gasteiger partial charge in [0, 0.05) is 33.8 Å². The molecule has 0 radical (unpaired) electrons. The third-order valence-electron chi connectivity index (χ3n) is 6.10. The Morgan fingerprint density at radius 3 is 2.83 bits per heavy atom. The van der Waals surface area contributed by atoms with E-state index in [0.717, 1.165) is 43.4 Å². The molecule has 4 atom stereocenters. The standard InChI is InChI=1S/C23H29NO3S.ClH/c1-3-15-6-4-5-7-19(15)27-20-10-9-18(23(20)26)24-13-16-8-11-21-17(22(16)25)12-14(2)28-21;/h4-7,12,16,18,20,23-24,26H,3,8-11,13H2,1-2H3;1H/t16?,18-,20-,23-;/m1./s1. The van der Waals surface area contributed by atoms with Crippen LogP contribution in [0.5, 0.6) is 5.75 Å². The second-order valence-electron chi connectivity index (χ2n) is 7.99. The molecule has 0 amide bonds. The van der Waals surface area contributed by atoms with E-state index in [1.165, 1.54) is 15.3 Å². The summed E-state index contributed by atoms with van der Waals surface area (Å²) in [5.74, 6) is 1.14. The molecular weight excluding hydrogens is 406 g/mol. The van der Waals surface area contributed by atoms with Crippen molar-refractivity contribution in [3.05, 3.63) is 51.2 Å². The van der Waals surface area contributed by atoms with Crippen LogP contribution in [0.1, 0.15) is 51.9 Å². The number of ether oxygens (including phenoxy) is 1. The van der Waals surface area contributed by atoms with Crippen LogP contribution in [0.4, 0.5) is 0 Å². The number of fused-ring (bicyclic) bond motifs is 1. The molecule has 4 rings (SSSR count). The number of nitrogens with one attached hydrogen (secondary N) is 1. The van der Waals surface area contributed by atoms with Crippen LogP contribution in [-0.2, 0) is 12.8 Å². The Bertz CT molecular complexity index is 852. The lowest BCUT2D eigenvalue weighted by Crippen LogP contribution is -2.44. The van der Waals surface area contributed by atoms with Gasteiger partial charge < -0.3 is 15.2 Å². The quantitative estimate of drug-likeness (QED) is 0.708. The van der Waals surface area contributed by atoms with Gasteiger partial charge in [0.15, 0.2) is 5.78 Å². The summed E-state index contributed by atoms with van der Waals surface area (Å²) in [4.78, 5) is 15.2. The highest BCUT2D eigenvalue weighted by Gasteiger charge is 2.37. The Hall–Kier alpha value is -1.40. The maximum atomic E-state index is 12.8. The van der Waals surface area contributed by atoms with Crippen LogP contribution in [0.2, 0.25) is 0 Å². The lowest BCUT2D eigenvalue weighted by molar-refractivity contribution is 0.0437. The second kappa shape index (κ2) is 9.61. The first-order valence-corrected chi connectivity index (χ1v) is 11.2. The molecule has 6 heteroatoms. The first-order valence-electron chi connectivity index (χ1n) is 10.4. The number of carbonyl (C=O) groups excluding carboxylic acids is 1. The van der Waals surface area contributed by atoms with Crippen molar-refractivity contribution in [2.45, 2.75) is 64.2 Å². The summed E-state index contributed by atoms with van der Waals surface area (Å²) in [6.07, 6.45) is 3.73. The van der Waals surface area contributed by atoms with Crippen LogP contribution in [-0.4, -0.2) is 35.7 Å². The maximum Gasteiger partial charge on any atom is 0.168 e. The van der Waals surface area contributed by atoms with Crippen LogP contribution in [0.15, 0.2) is 30.3 Å². The molecule has 1 aromatic carbocycles. The van der Waals surface area contributed by atoms with E-state index in [-0.39, 0.29) is 36.3 Å². The molecule has 0 bridgehead atoms. The van der Waals surface area contributed by atoms with Gasteiger partial charge in [0.05, 0.1) is 0 Å². The Morgan fingerprint density at radius 1 is 1.24 bits per heavy atom.